The van der Waals surface area contributed by atoms with Crippen LogP contribution in [0, 0.1) is 0 Å². The molecule has 0 aliphatic heterocycles. The first-order valence-corrected chi connectivity index (χ1v) is 16.0. The second-order valence-electron chi connectivity index (χ2n) is 10.0. The fourth-order valence-corrected chi connectivity index (χ4v) is 5.12. The Labute approximate surface area is 216 Å². The highest BCUT2D eigenvalue weighted by atomic mass is 31.2. The number of carbonyl (C=O) groups is 1. The Morgan fingerprint density at radius 2 is 1.23 bits per heavy atom. The first kappa shape index (κ1) is 34.5. The van der Waals surface area contributed by atoms with Crippen molar-refractivity contribution in [3.05, 3.63) is 0 Å². The van der Waals surface area contributed by atoms with Crippen LogP contribution in [0.2, 0.25) is 0 Å². The van der Waals surface area contributed by atoms with Crippen molar-refractivity contribution in [3.63, 3.8) is 0 Å². The minimum absolute atomic E-state index is 0.0356. The van der Waals surface area contributed by atoms with Crippen LogP contribution >= 0.6 is 7.60 Å². The maximum atomic E-state index is 12.0. The molecular formula is C27H56NO6P. The van der Waals surface area contributed by atoms with Crippen LogP contribution in [0.3, 0.4) is 0 Å². The van der Waals surface area contributed by atoms with Gasteiger partial charge < -0.3 is 23.8 Å². The molecule has 0 aliphatic rings. The molecule has 0 heterocycles. The van der Waals surface area contributed by atoms with Gasteiger partial charge in [-0.25, -0.2) is 0 Å². The summed E-state index contributed by atoms with van der Waals surface area (Å²) in [4.78, 5) is 22.3. The molecule has 0 aliphatic carbocycles. The van der Waals surface area contributed by atoms with Gasteiger partial charge in [-0.2, -0.15) is 0 Å². The zero-order valence-corrected chi connectivity index (χ0v) is 24.0. The van der Waals surface area contributed by atoms with Gasteiger partial charge in [0.2, 0.25) is 0 Å². The number of rotatable bonds is 28. The second-order valence-corrected chi connectivity index (χ2v) is 12.0. The molecule has 0 saturated carbocycles. The molecule has 1 N–H and O–H groups in total. The summed E-state index contributed by atoms with van der Waals surface area (Å²) in [5.41, 5.74) is 0. The van der Waals surface area contributed by atoms with Gasteiger partial charge in [-0.15, -0.1) is 0 Å². The summed E-state index contributed by atoms with van der Waals surface area (Å²) in [6.45, 7) is 3.67. The average Bonchev–Trinajstić information content (AvgIpc) is 2.82. The second kappa shape index (κ2) is 25.2. The summed E-state index contributed by atoms with van der Waals surface area (Å²) in [6.07, 6.45) is 22.1. The van der Waals surface area contributed by atoms with E-state index in [0.717, 1.165) is 12.8 Å². The maximum absolute atomic E-state index is 12.0. The fourth-order valence-electron chi connectivity index (χ4n) is 3.94. The van der Waals surface area contributed by atoms with E-state index in [1.54, 1.807) is 0 Å². The molecule has 8 heteroatoms. The monoisotopic (exact) mass is 521 g/mol. The van der Waals surface area contributed by atoms with E-state index < -0.39 is 13.7 Å². The molecule has 210 valence electrons. The number of ether oxygens (including phenoxy) is 2. The quantitative estimate of drug-likeness (QED) is 0.0676. The van der Waals surface area contributed by atoms with E-state index >= 15 is 0 Å². The summed E-state index contributed by atoms with van der Waals surface area (Å²) in [7, 11) is -0.0468. The Balaban J connectivity index is 3.49. The van der Waals surface area contributed by atoms with Crippen LogP contribution in [0.5, 0.6) is 0 Å². The summed E-state index contributed by atoms with van der Waals surface area (Å²) in [5, 5.41) is 0. The molecule has 7 nitrogen and oxygen atoms in total. The summed E-state index contributed by atoms with van der Waals surface area (Å²) in [5.74, 6) is 0. The summed E-state index contributed by atoms with van der Waals surface area (Å²) >= 11 is 0. The first-order chi connectivity index (χ1) is 16.9. The zero-order chi connectivity index (χ0) is 26.0. The van der Waals surface area contributed by atoms with Crippen molar-refractivity contribution in [3.8, 4) is 0 Å². The van der Waals surface area contributed by atoms with E-state index in [2.05, 4.69) is 6.92 Å². The predicted octanol–water partition coefficient (Wildman–Crippen LogP) is 6.96. The lowest BCUT2D eigenvalue weighted by molar-refractivity contribution is -0.138. The number of unbranched alkanes of at least 4 members (excludes halogenated alkanes) is 16. The van der Waals surface area contributed by atoms with Crippen LogP contribution < -0.4 is 0 Å². The molecule has 2 atom stereocenters. The van der Waals surface area contributed by atoms with E-state index in [4.69, 9.17) is 14.0 Å². The van der Waals surface area contributed by atoms with Crippen molar-refractivity contribution >= 4 is 14.1 Å². The van der Waals surface area contributed by atoms with Gasteiger partial charge in [0.05, 0.1) is 19.4 Å². The lowest BCUT2D eigenvalue weighted by Crippen LogP contribution is -2.26. The fraction of sp³-hybridized carbons (Fsp3) is 0.963. The van der Waals surface area contributed by atoms with E-state index in [0.29, 0.717) is 19.6 Å². The van der Waals surface area contributed by atoms with Crippen LogP contribution in [0.15, 0.2) is 0 Å². The Bertz CT molecular complexity index is 506. The van der Waals surface area contributed by atoms with Crippen LogP contribution in [0.25, 0.3) is 0 Å². The van der Waals surface area contributed by atoms with Crippen molar-refractivity contribution in [1.82, 2.24) is 4.90 Å². The third kappa shape index (κ3) is 26.4. The summed E-state index contributed by atoms with van der Waals surface area (Å²) in [6, 6.07) is 0. The molecule has 0 fully saturated rings. The molecular weight excluding hydrogens is 465 g/mol. The van der Waals surface area contributed by atoms with Gasteiger partial charge in [0.25, 0.3) is 6.47 Å². The van der Waals surface area contributed by atoms with Gasteiger partial charge >= 0.3 is 7.60 Å². The van der Waals surface area contributed by atoms with Gasteiger partial charge in [0.1, 0.15) is 6.10 Å². The van der Waals surface area contributed by atoms with Crippen molar-refractivity contribution in [2.45, 2.75) is 122 Å². The molecule has 0 aromatic heterocycles. The molecule has 0 bridgehead atoms. The largest absolute Gasteiger partial charge is 0.460 e. The van der Waals surface area contributed by atoms with Gasteiger partial charge in [-0.1, -0.05) is 110 Å². The van der Waals surface area contributed by atoms with Crippen LogP contribution in [0.4, 0.5) is 0 Å². The minimum Gasteiger partial charge on any atom is -0.460 e. The van der Waals surface area contributed by atoms with Gasteiger partial charge in [0, 0.05) is 13.2 Å². The molecule has 0 amide bonds. The third-order valence-electron chi connectivity index (χ3n) is 6.24. The number of carbonyl (C=O) groups excluding carboxylic acids is 1. The highest BCUT2D eigenvalue weighted by Crippen LogP contribution is 2.41. The van der Waals surface area contributed by atoms with E-state index in [1.807, 2.05) is 19.0 Å². The van der Waals surface area contributed by atoms with Crippen LogP contribution in [0.1, 0.15) is 116 Å². The molecule has 35 heavy (non-hydrogen) atoms. The number of hydrogen-bond acceptors (Lipinski definition) is 6. The minimum atomic E-state index is -3.70. The highest BCUT2D eigenvalue weighted by Gasteiger charge is 2.22. The van der Waals surface area contributed by atoms with E-state index in [1.165, 1.54) is 96.3 Å². The van der Waals surface area contributed by atoms with Gasteiger partial charge in [0.15, 0.2) is 0 Å². The zero-order valence-electron chi connectivity index (χ0n) is 23.1. The average molecular weight is 522 g/mol. The molecule has 0 spiro atoms. The lowest BCUT2D eigenvalue weighted by atomic mass is 10.0. The van der Waals surface area contributed by atoms with Gasteiger partial charge in [-0.3, -0.25) is 9.36 Å². The van der Waals surface area contributed by atoms with Crippen molar-refractivity contribution in [2.24, 2.45) is 0 Å². The van der Waals surface area contributed by atoms with Crippen molar-refractivity contribution in [1.29, 1.82) is 0 Å². The topological polar surface area (TPSA) is 85.3 Å². The predicted molar refractivity (Wildman–Crippen MR) is 145 cm³/mol. The molecule has 0 saturated heterocycles. The smallest absolute Gasteiger partial charge is 0.329 e. The van der Waals surface area contributed by atoms with Crippen molar-refractivity contribution < 1.29 is 28.3 Å². The summed E-state index contributed by atoms with van der Waals surface area (Å²) < 4.78 is 27.6. The molecule has 0 aromatic rings. The Kier molecular flexibility index (Phi) is 24.9. The molecule has 0 rings (SSSR count). The lowest BCUT2D eigenvalue weighted by Gasteiger charge is -2.19. The van der Waals surface area contributed by atoms with E-state index in [9.17, 15) is 14.3 Å². The van der Waals surface area contributed by atoms with E-state index in [-0.39, 0.29) is 19.4 Å². The third-order valence-corrected chi connectivity index (χ3v) is 7.55. The Morgan fingerprint density at radius 1 is 0.771 bits per heavy atom. The highest BCUT2D eigenvalue weighted by molar-refractivity contribution is 7.52. The maximum Gasteiger partial charge on any atom is 0.329 e. The van der Waals surface area contributed by atoms with Crippen LogP contribution in [-0.4, -0.2) is 69.0 Å². The molecule has 0 radical (unpaired) electrons. The Hall–Kier alpha value is -0.460. The van der Waals surface area contributed by atoms with Crippen LogP contribution in [-0.2, 0) is 23.4 Å². The molecule has 2 unspecified atom stereocenters. The van der Waals surface area contributed by atoms with Gasteiger partial charge in [-0.05, 0) is 20.5 Å². The number of hydrogen-bond donors (Lipinski definition) is 1. The SMILES string of the molecule is CCCCCCCCCCCCCCCCCCCOCC(COP(=O)(O)CCN(C)C)OC=O. The molecule has 0 aromatic carbocycles. The van der Waals surface area contributed by atoms with Crippen molar-refractivity contribution in [2.75, 3.05) is 46.6 Å². The first-order valence-electron chi connectivity index (χ1n) is 14.2. The Morgan fingerprint density at radius 3 is 1.66 bits per heavy atom. The normalized spacial score (nSPS) is 14.2. The standard InChI is InChI=1S/C27H56NO6P/c1-4-5-6-7-8-9-10-11-12-13-14-15-16-17-18-19-20-22-32-24-27(33-26-29)25-34-35(30,31)23-21-28(2)3/h26-27H,4-25H2,1-3H3,(H,30,31). The number of nitrogens with zero attached hydrogens (tertiary/aromatic N) is 1.